The van der Waals surface area contributed by atoms with Crippen LogP contribution in [0.1, 0.15) is 28.4 Å². The standard InChI is InChI=1S/C27H17F7N4O4/c28-12-4-6-18(17(31)10-12)38-11-14(25(41)36-23(27(32,33)34)21-15(29)2-1-3-16(21)30)22(40)13-5-7-20(35-24(13)38)37-9-8-19(39)26(37)42/h1-7,10-11,19,23,39H,8-9H2,(H,36,41). The fraction of sp³-hybridized carbons (Fsp3) is 0.185. The van der Waals surface area contributed by atoms with E-state index in [2.05, 4.69) is 4.98 Å². The number of anilines is 1. The van der Waals surface area contributed by atoms with Crippen molar-refractivity contribution in [2.75, 3.05) is 11.4 Å². The molecule has 2 aromatic carbocycles. The lowest BCUT2D eigenvalue weighted by molar-refractivity contribution is -0.156. The summed E-state index contributed by atoms with van der Waals surface area (Å²) in [5.41, 5.74) is -4.57. The fourth-order valence-electron chi connectivity index (χ4n) is 4.57. The molecule has 1 saturated heterocycles. The van der Waals surface area contributed by atoms with Gasteiger partial charge in [-0.15, -0.1) is 0 Å². The van der Waals surface area contributed by atoms with Crippen molar-refractivity contribution in [2.45, 2.75) is 24.7 Å². The number of carbonyl (C=O) groups is 2. The molecule has 4 aromatic rings. The van der Waals surface area contributed by atoms with Crippen LogP contribution in [0.15, 0.2) is 59.5 Å². The maximum atomic E-state index is 14.9. The second-order valence-electron chi connectivity index (χ2n) is 9.26. The van der Waals surface area contributed by atoms with Crippen molar-refractivity contribution in [1.82, 2.24) is 14.9 Å². The number of nitrogens with one attached hydrogen (secondary N) is 1. The van der Waals surface area contributed by atoms with E-state index in [-0.39, 0.29) is 24.4 Å². The van der Waals surface area contributed by atoms with Crippen LogP contribution in [0.2, 0.25) is 0 Å². The summed E-state index contributed by atoms with van der Waals surface area (Å²) in [6.07, 6.45) is -6.02. The van der Waals surface area contributed by atoms with Crippen LogP contribution in [0.3, 0.4) is 0 Å². The second kappa shape index (κ2) is 10.6. The Hall–Kier alpha value is -4.79. The van der Waals surface area contributed by atoms with E-state index >= 15 is 0 Å². The molecule has 0 radical (unpaired) electrons. The molecule has 2 N–H and O–H groups in total. The average Bonchev–Trinajstić information content (AvgIpc) is 3.25. The number of rotatable bonds is 5. The van der Waals surface area contributed by atoms with Crippen molar-refractivity contribution in [1.29, 1.82) is 0 Å². The van der Waals surface area contributed by atoms with Gasteiger partial charge in [0.15, 0.2) is 11.7 Å². The van der Waals surface area contributed by atoms with Gasteiger partial charge in [0.2, 0.25) is 5.43 Å². The Balaban J connectivity index is 1.69. The van der Waals surface area contributed by atoms with Gasteiger partial charge in [0.1, 0.15) is 40.8 Å². The van der Waals surface area contributed by atoms with E-state index in [0.29, 0.717) is 24.4 Å². The maximum absolute atomic E-state index is 14.9. The first-order valence-electron chi connectivity index (χ1n) is 12.1. The minimum Gasteiger partial charge on any atom is -0.383 e. The molecule has 0 bridgehead atoms. The van der Waals surface area contributed by atoms with E-state index in [1.54, 1.807) is 0 Å². The lowest BCUT2D eigenvalue weighted by Gasteiger charge is -2.23. The quantitative estimate of drug-likeness (QED) is 0.339. The lowest BCUT2D eigenvalue weighted by atomic mass is 10.0. The smallest absolute Gasteiger partial charge is 0.383 e. The van der Waals surface area contributed by atoms with Crippen molar-refractivity contribution in [2.24, 2.45) is 0 Å². The number of fused-ring (bicyclic) bond motifs is 1. The SMILES string of the molecule is O=C(NC(c1c(F)cccc1F)C(F)(F)F)c1cn(-c2ccc(F)cc2F)c2nc(N3CCC(O)C3=O)ccc2c1=O. The van der Waals surface area contributed by atoms with Crippen LogP contribution in [0, 0.1) is 23.3 Å². The molecular weight excluding hydrogens is 577 g/mol. The number of carbonyl (C=O) groups excluding carboxylic acids is 2. The van der Waals surface area contributed by atoms with Gasteiger partial charge in [0.25, 0.3) is 11.8 Å². The van der Waals surface area contributed by atoms with Crippen LogP contribution >= 0.6 is 0 Å². The summed E-state index contributed by atoms with van der Waals surface area (Å²) < 4.78 is 99.6. The Bertz CT molecular complexity index is 1790. The number of alkyl halides is 3. The van der Waals surface area contributed by atoms with E-state index in [0.717, 1.165) is 33.7 Å². The molecule has 42 heavy (non-hydrogen) atoms. The third-order valence-corrected chi connectivity index (χ3v) is 6.59. The van der Waals surface area contributed by atoms with E-state index in [9.17, 15) is 50.2 Å². The highest BCUT2D eigenvalue weighted by Gasteiger charge is 2.45. The summed E-state index contributed by atoms with van der Waals surface area (Å²) in [5.74, 6) is -7.94. The first kappa shape index (κ1) is 28.7. The number of aliphatic hydroxyl groups excluding tert-OH is 1. The molecule has 3 heterocycles. The summed E-state index contributed by atoms with van der Waals surface area (Å²) in [7, 11) is 0. The van der Waals surface area contributed by atoms with E-state index in [4.69, 9.17) is 0 Å². The van der Waals surface area contributed by atoms with Gasteiger partial charge in [-0.25, -0.2) is 22.5 Å². The lowest BCUT2D eigenvalue weighted by Crippen LogP contribution is -2.41. The van der Waals surface area contributed by atoms with Gasteiger partial charge >= 0.3 is 6.18 Å². The van der Waals surface area contributed by atoms with Gasteiger partial charge in [-0.2, -0.15) is 13.2 Å². The molecule has 2 amide bonds. The molecule has 15 heteroatoms. The molecule has 2 aromatic heterocycles. The number of hydrogen-bond donors (Lipinski definition) is 2. The van der Waals surface area contributed by atoms with E-state index in [1.165, 1.54) is 11.4 Å². The molecule has 2 atom stereocenters. The van der Waals surface area contributed by atoms with Crippen LogP contribution in [-0.4, -0.2) is 45.3 Å². The number of halogens is 7. The highest BCUT2D eigenvalue weighted by molar-refractivity contribution is 6.00. The number of benzene rings is 2. The molecule has 0 aliphatic carbocycles. The number of aliphatic hydroxyl groups is 1. The number of nitrogens with zero attached hydrogens (tertiary/aromatic N) is 3. The second-order valence-corrected chi connectivity index (χ2v) is 9.26. The van der Waals surface area contributed by atoms with Crippen LogP contribution in [0.25, 0.3) is 16.7 Å². The summed E-state index contributed by atoms with van der Waals surface area (Å²) in [4.78, 5) is 44.0. The van der Waals surface area contributed by atoms with Crippen LogP contribution in [0.5, 0.6) is 0 Å². The minimum atomic E-state index is -5.42. The van der Waals surface area contributed by atoms with Crippen molar-refractivity contribution in [3.05, 3.63) is 99.3 Å². The minimum absolute atomic E-state index is 0.0412. The Morgan fingerprint density at radius 3 is 2.29 bits per heavy atom. The molecule has 0 saturated carbocycles. The van der Waals surface area contributed by atoms with E-state index in [1.807, 2.05) is 0 Å². The zero-order valence-corrected chi connectivity index (χ0v) is 20.9. The fourth-order valence-corrected chi connectivity index (χ4v) is 4.57. The normalized spacial score (nSPS) is 16.2. The van der Waals surface area contributed by atoms with Gasteiger partial charge in [0.05, 0.1) is 16.6 Å². The number of pyridine rings is 2. The van der Waals surface area contributed by atoms with Crippen LogP contribution in [0.4, 0.5) is 36.6 Å². The van der Waals surface area contributed by atoms with Crippen molar-refractivity contribution < 1.29 is 45.4 Å². The topological polar surface area (TPSA) is 105 Å². The molecule has 0 spiro atoms. The molecule has 2 unspecified atom stereocenters. The highest BCUT2D eigenvalue weighted by Crippen LogP contribution is 2.36. The Morgan fingerprint density at radius 2 is 1.69 bits per heavy atom. The maximum Gasteiger partial charge on any atom is 0.413 e. The zero-order valence-electron chi connectivity index (χ0n) is 20.9. The van der Waals surface area contributed by atoms with Crippen LogP contribution in [-0.2, 0) is 4.79 Å². The molecule has 5 rings (SSSR count). The Morgan fingerprint density at radius 1 is 1.00 bits per heavy atom. The first-order chi connectivity index (χ1) is 19.8. The summed E-state index contributed by atoms with van der Waals surface area (Å²) in [6, 6.07) is 3.14. The van der Waals surface area contributed by atoms with Crippen molar-refractivity contribution >= 4 is 28.7 Å². The zero-order chi connectivity index (χ0) is 30.5. The molecular formula is C27H17F7N4O4. The van der Waals surface area contributed by atoms with Crippen molar-refractivity contribution in [3.63, 3.8) is 0 Å². The van der Waals surface area contributed by atoms with Gasteiger partial charge in [-0.3, -0.25) is 23.9 Å². The molecule has 1 aliphatic rings. The largest absolute Gasteiger partial charge is 0.413 e. The molecule has 218 valence electrons. The summed E-state index contributed by atoms with van der Waals surface area (Å²) in [6.45, 7) is 0.0412. The van der Waals surface area contributed by atoms with Gasteiger partial charge < -0.3 is 10.4 Å². The molecule has 1 aliphatic heterocycles. The third-order valence-electron chi connectivity index (χ3n) is 6.59. The predicted molar refractivity (Wildman–Crippen MR) is 133 cm³/mol. The number of hydrogen-bond acceptors (Lipinski definition) is 5. The Kier molecular flexibility index (Phi) is 7.22. The summed E-state index contributed by atoms with van der Waals surface area (Å²) in [5, 5.41) is 10.8. The van der Waals surface area contributed by atoms with Gasteiger partial charge in [0, 0.05) is 25.2 Å². The summed E-state index contributed by atoms with van der Waals surface area (Å²) >= 11 is 0. The van der Waals surface area contributed by atoms with Crippen LogP contribution < -0.4 is 15.6 Å². The Labute approximate surface area is 230 Å². The highest BCUT2D eigenvalue weighted by atomic mass is 19.4. The first-order valence-corrected chi connectivity index (χ1v) is 12.1. The van der Waals surface area contributed by atoms with E-state index < -0.39 is 81.0 Å². The van der Waals surface area contributed by atoms with Gasteiger partial charge in [-0.05, 0) is 36.4 Å². The molecule has 8 nitrogen and oxygen atoms in total. The van der Waals surface area contributed by atoms with Crippen molar-refractivity contribution in [3.8, 4) is 5.69 Å². The number of aromatic nitrogens is 2. The number of amides is 2. The average molecular weight is 594 g/mol. The molecule has 1 fully saturated rings. The predicted octanol–water partition coefficient (Wildman–Crippen LogP) is 4.07. The third kappa shape index (κ3) is 5.06. The van der Waals surface area contributed by atoms with Gasteiger partial charge in [-0.1, -0.05) is 6.07 Å². The monoisotopic (exact) mass is 594 g/mol.